The van der Waals surface area contributed by atoms with Gasteiger partial charge >= 0.3 is 0 Å². The minimum atomic E-state index is 0.590. The van der Waals surface area contributed by atoms with Crippen molar-refractivity contribution in [2.75, 3.05) is 19.8 Å². The first-order chi connectivity index (χ1) is 8.84. The van der Waals surface area contributed by atoms with E-state index < -0.39 is 0 Å². The molecule has 0 radical (unpaired) electrons. The van der Waals surface area contributed by atoms with Crippen LogP contribution in [0.15, 0.2) is 30.3 Å². The van der Waals surface area contributed by atoms with Crippen LogP contribution in [0.4, 0.5) is 0 Å². The molecule has 1 heterocycles. The van der Waals surface area contributed by atoms with Gasteiger partial charge in [-0.15, -0.1) is 0 Å². The first-order valence-electron chi connectivity index (χ1n) is 7.19. The zero-order chi connectivity index (χ0) is 12.6. The summed E-state index contributed by atoms with van der Waals surface area (Å²) in [5.74, 6) is 0.720. The van der Waals surface area contributed by atoms with Crippen LogP contribution in [0.1, 0.15) is 31.7 Å². The Bertz CT molecular complexity index is 319. The van der Waals surface area contributed by atoms with Gasteiger partial charge in [-0.3, -0.25) is 0 Å². The van der Waals surface area contributed by atoms with Crippen molar-refractivity contribution in [3.05, 3.63) is 35.9 Å². The van der Waals surface area contributed by atoms with Gasteiger partial charge in [0.25, 0.3) is 0 Å². The third kappa shape index (κ3) is 4.79. The topological polar surface area (TPSA) is 21.3 Å². The van der Waals surface area contributed by atoms with E-state index in [1.54, 1.807) is 0 Å². The molecule has 0 spiro atoms. The second-order valence-corrected chi connectivity index (χ2v) is 5.42. The Labute approximate surface area is 111 Å². The predicted octanol–water partition coefficient (Wildman–Crippen LogP) is 3.02. The molecule has 2 unspecified atom stereocenters. The highest BCUT2D eigenvalue weighted by molar-refractivity contribution is 5.14. The summed E-state index contributed by atoms with van der Waals surface area (Å²) in [5.41, 5.74) is 1.44. The molecule has 0 aliphatic carbocycles. The fraction of sp³-hybridized carbons (Fsp3) is 0.625. The summed E-state index contributed by atoms with van der Waals surface area (Å²) >= 11 is 0. The summed E-state index contributed by atoms with van der Waals surface area (Å²) in [5, 5.41) is 3.64. The van der Waals surface area contributed by atoms with E-state index in [1.807, 2.05) is 0 Å². The minimum Gasteiger partial charge on any atom is -0.381 e. The number of rotatable bonds is 6. The van der Waals surface area contributed by atoms with Crippen molar-refractivity contribution in [2.24, 2.45) is 5.92 Å². The van der Waals surface area contributed by atoms with Crippen LogP contribution in [0.25, 0.3) is 0 Å². The zero-order valence-electron chi connectivity index (χ0n) is 11.4. The maximum absolute atomic E-state index is 5.50. The Morgan fingerprint density at radius 2 is 2.17 bits per heavy atom. The number of nitrogens with one attached hydrogen (secondary N) is 1. The molecular weight excluding hydrogens is 222 g/mol. The molecule has 1 aromatic rings. The predicted molar refractivity (Wildman–Crippen MR) is 75.8 cm³/mol. The molecule has 0 aromatic heterocycles. The lowest BCUT2D eigenvalue weighted by Crippen LogP contribution is -2.34. The molecule has 0 bridgehead atoms. The van der Waals surface area contributed by atoms with Crippen LogP contribution in [0.5, 0.6) is 0 Å². The van der Waals surface area contributed by atoms with Crippen molar-refractivity contribution in [3.63, 3.8) is 0 Å². The highest BCUT2D eigenvalue weighted by Gasteiger charge is 2.14. The summed E-state index contributed by atoms with van der Waals surface area (Å²) in [6, 6.07) is 11.3. The van der Waals surface area contributed by atoms with Gasteiger partial charge in [-0.1, -0.05) is 30.3 Å². The van der Waals surface area contributed by atoms with Crippen molar-refractivity contribution in [1.29, 1.82) is 0 Å². The van der Waals surface area contributed by atoms with Crippen molar-refractivity contribution < 1.29 is 4.74 Å². The molecule has 100 valence electrons. The van der Waals surface area contributed by atoms with Gasteiger partial charge in [0, 0.05) is 19.2 Å². The van der Waals surface area contributed by atoms with Gasteiger partial charge < -0.3 is 10.1 Å². The molecule has 1 aliphatic heterocycles. The summed E-state index contributed by atoms with van der Waals surface area (Å²) < 4.78 is 5.50. The standard InChI is InChI=1S/C16H25NO/c1-14(9-10-15-6-3-2-4-7-15)17-12-16-8-5-11-18-13-16/h2-4,6-7,14,16-17H,5,8-13H2,1H3. The molecule has 0 saturated carbocycles. The fourth-order valence-electron chi connectivity index (χ4n) is 2.47. The van der Waals surface area contributed by atoms with Gasteiger partial charge in [0.15, 0.2) is 0 Å². The Kier molecular flexibility index (Phi) is 5.69. The van der Waals surface area contributed by atoms with E-state index in [1.165, 1.54) is 24.8 Å². The van der Waals surface area contributed by atoms with Crippen LogP contribution in [-0.4, -0.2) is 25.8 Å². The maximum Gasteiger partial charge on any atom is 0.0506 e. The molecule has 1 aromatic carbocycles. The van der Waals surface area contributed by atoms with E-state index in [0.717, 1.165) is 32.1 Å². The quantitative estimate of drug-likeness (QED) is 0.834. The maximum atomic E-state index is 5.50. The summed E-state index contributed by atoms with van der Waals surface area (Å²) in [6.45, 7) is 5.29. The van der Waals surface area contributed by atoms with Crippen molar-refractivity contribution in [3.8, 4) is 0 Å². The normalized spacial score (nSPS) is 21.7. The number of hydrogen-bond acceptors (Lipinski definition) is 2. The van der Waals surface area contributed by atoms with E-state index in [0.29, 0.717) is 6.04 Å². The molecule has 1 N–H and O–H groups in total. The van der Waals surface area contributed by atoms with Crippen LogP contribution in [0, 0.1) is 5.92 Å². The van der Waals surface area contributed by atoms with Gasteiger partial charge in [-0.25, -0.2) is 0 Å². The summed E-state index contributed by atoms with van der Waals surface area (Å²) in [6.07, 6.45) is 4.91. The Morgan fingerprint density at radius 3 is 2.89 bits per heavy atom. The average molecular weight is 247 g/mol. The van der Waals surface area contributed by atoms with Crippen molar-refractivity contribution in [1.82, 2.24) is 5.32 Å². The van der Waals surface area contributed by atoms with Crippen LogP contribution in [0.3, 0.4) is 0 Å². The SMILES string of the molecule is CC(CCc1ccccc1)NCC1CCCOC1. The number of hydrogen-bond donors (Lipinski definition) is 1. The highest BCUT2D eigenvalue weighted by Crippen LogP contribution is 2.13. The van der Waals surface area contributed by atoms with Gasteiger partial charge in [0.05, 0.1) is 6.61 Å². The Morgan fingerprint density at radius 1 is 1.33 bits per heavy atom. The highest BCUT2D eigenvalue weighted by atomic mass is 16.5. The molecule has 1 fully saturated rings. The van der Waals surface area contributed by atoms with E-state index in [-0.39, 0.29) is 0 Å². The molecule has 0 amide bonds. The second-order valence-electron chi connectivity index (χ2n) is 5.42. The molecule has 2 atom stereocenters. The molecule has 2 rings (SSSR count). The molecule has 18 heavy (non-hydrogen) atoms. The molecule has 1 saturated heterocycles. The first-order valence-corrected chi connectivity index (χ1v) is 7.19. The van der Waals surface area contributed by atoms with Gasteiger partial charge in [0.2, 0.25) is 0 Å². The Hall–Kier alpha value is -0.860. The molecule has 2 nitrogen and oxygen atoms in total. The first kappa shape index (κ1) is 13.6. The lowest BCUT2D eigenvalue weighted by Gasteiger charge is -2.24. The number of benzene rings is 1. The van der Waals surface area contributed by atoms with Crippen LogP contribution in [-0.2, 0) is 11.2 Å². The number of aryl methyl sites for hydroxylation is 1. The molecule has 2 heteroatoms. The van der Waals surface area contributed by atoms with Crippen molar-refractivity contribution in [2.45, 2.75) is 38.6 Å². The van der Waals surface area contributed by atoms with Crippen molar-refractivity contribution >= 4 is 0 Å². The molecule has 1 aliphatic rings. The van der Waals surface area contributed by atoms with E-state index in [4.69, 9.17) is 4.74 Å². The van der Waals surface area contributed by atoms with Gasteiger partial charge in [-0.05, 0) is 44.1 Å². The zero-order valence-corrected chi connectivity index (χ0v) is 11.4. The van der Waals surface area contributed by atoms with E-state index in [9.17, 15) is 0 Å². The van der Waals surface area contributed by atoms with Gasteiger partial charge in [0.1, 0.15) is 0 Å². The summed E-state index contributed by atoms with van der Waals surface area (Å²) in [4.78, 5) is 0. The summed E-state index contributed by atoms with van der Waals surface area (Å²) in [7, 11) is 0. The Balaban J connectivity index is 1.61. The largest absolute Gasteiger partial charge is 0.381 e. The average Bonchev–Trinajstić information content (AvgIpc) is 2.45. The lowest BCUT2D eigenvalue weighted by atomic mass is 10.0. The fourth-order valence-corrected chi connectivity index (χ4v) is 2.47. The minimum absolute atomic E-state index is 0.590. The lowest BCUT2D eigenvalue weighted by molar-refractivity contribution is 0.0539. The smallest absolute Gasteiger partial charge is 0.0506 e. The monoisotopic (exact) mass is 247 g/mol. The third-order valence-electron chi connectivity index (χ3n) is 3.72. The van der Waals surface area contributed by atoms with E-state index in [2.05, 4.69) is 42.6 Å². The third-order valence-corrected chi connectivity index (χ3v) is 3.72. The second kappa shape index (κ2) is 7.55. The molecular formula is C16H25NO. The number of ether oxygens (including phenoxy) is 1. The van der Waals surface area contributed by atoms with Crippen LogP contribution in [0.2, 0.25) is 0 Å². The van der Waals surface area contributed by atoms with Gasteiger partial charge in [-0.2, -0.15) is 0 Å². The van der Waals surface area contributed by atoms with E-state index >= 15 is 0 Å². The van der Waals surface area contributed by atoms with Crippen LogP contribution >= 0.6 is 0 Å². The van der Waals surface area contributed by atoms with Crippen LogP contribution < -0.4 is 5.32 Å².